The van der Waals surface area contributed by atoms with E-state index < -0.39 is 0 Å². The second-order valence-corrected chi connectivity index (χ2v) is 3.43. The normalized spacial score (nSPS) is 10.2. The summed E-state index contributed by atoms with van der Waals surface area (Å²) in [5.74, 6) is 0.199. The molecule has 0 saturated heterocycles. The Balaban J connectivity index is 2.11. The van der Waals surface area contributed by atoms with E-state index in [2.05, 4.69) is 4.98 Å². The first kappa shape index (κ1) is 9.93. The third-order valence-electron chi connectivity index (χ3n) is 1.96. The molecule has 0 radical (unpaired) electrons. The van der Waals surface area contributed by atoms with Crippen LogP contribution in [0, 0.1) is 0 Å². The number of aromatic nitrogens is 1. The van der Waals surface area contributed by atoms with Gasteiger partial charge in [-0.15, -0.1) is 0 Å². The lowest BCUT2D eigenvalue weighted by Crippen LogP contribution is -2.01. The molecule has 2 aromatic rings. The minimum absolute atomic E-state index is 0.0897. The second kappa shape index (κ2) is 4.28. The Bertz CT molecular complexity index is 464. The number of hydrogen-bond acceptors (Lipinski definition) is 3. The van der Waals surface area contributed by atoms with Gasteiger partial charge in [-0.1, -0.05) is 0 Å². The van der Waals surface area contributed by atoms with Crippen molar-refractivity contribution >= 4 is 17.4 Å². The zero-order valence-corrected chi connectivity index (χ0v) is 8.57. The number of ketones is 1. The fourth-order valence-corrected chi connectivity index (χ4v) is 1.38. The Morgan fingerprint density at radius 3 is 2.60 bits per heavy atom. The molecule has 0 aliphatic heterocycles. The molecule has 0 atom stereocenters. The van der Waals surface area contributed by atoms with Crippen LogP contribution in [-0.4, -0.2) is 10.8 Å². The van der Waals surface area contributed by atoms with Crippen molar-refractivity contribution in [2.45, 2.75) is 6.42 Å². The van der Waals surface area contributed by atoms with Gasteiger partial charge in [0, 0.05) is 18.8 Å². The van der Waals surface area contributed by atoms with Crippen molar-refractivity contribution in [3.05, 3.63) is 53.2 Å². The lowest BCUT2D eigenvalue weighted by Gasteiger charge is -1.97. The Morgan fingerprint density at radius 1 is 1.27 bits per heavy atom. The number of carbonyl (C=O) groups is 1. The van der Waals surface area contributed by atoms with Crippen LogP contribution < -0.4 is 0 Å². The number of hydrogen-bond donors (Lipinski definition) is 0. The van der Waals surface area contributed by atoms with Gasteiger partial charge >= 0.3 is 0 Å². The highest BCUT2D eigenvalue weighted by Crippen LogP contribution is 2.15. The van der Waals surface area contributed by atoms with Crippen LogP contribution >= 0.6 is 11.6 Å². The summed E-state index contributed by atoms with van der Waals surface area (Å²) in [5.41, 5.74) is 0.905. The SMILES string of the molecule is O=C(Cc1ccncc1)c1ccc(Cl)o1. The minimum atomic E-state index is -0.0897. The molecule has 4 heteroatoms. The summed E-state index contributed by atoms with van der Waals surface area (Å²) in [6.45, 7) is 0. The maximum atomic E-state index is 11.7. The van der Waals surface area contributed by atoms with Crippen LogP contribution in [0.1, 0.15) is 16.1 Å². The Labute approximate surface area is 91.7 Å². The van der Waals surface area contributed by atoms with Crippen LogP contribution in [0.15, 0.2) is 41.1 Å². The van der Waals surface area contributed by atoms with Crippen LogP contribution in [0.4, 0.5) is 0 Å². The largest absolute Gasteiger partial charge is 0.442 e. The fraction of sp³-hybridized carbons (Fsp3) is 0.0909. The molecule has 0 bridgehead atoms. The molecule has 2 heterocycles. The van der Waals surface area contributed by atoms with Crippen molar-refractivity contribution in [1.82, 2.24) is 4.98 Å². The Morgan fingerprint density at radius 2 is 2.00 bits per heavy atom. The van der Waals surface area contributed by atoms with Gasteiger partial charge in [-0.25, -0.2) is 0 Å². The maximum absolute atomic E-state index is 11.7. The number of furan rings is 1. The number of halogens is 1. The molecule has 0 aromatic carbocycles. The molecule has 3 nitrogen and oxygen atoms in total. The van der Waals surface area contributed by atoms with Crippen molar-refractivity contribution < 1.29 is 9.21 Å². The van der Waals surface area contributed by atoms with E-state index >= 15 is 0 Å². The van der Waals surface area contributed by atoms with E-state index in [0.717, 1.165) is 5.56 Å². The predicted molar refractivity (Wildman–Crippen MR) is 56.0 cm³/mol. The number of carbonyl (C=O) groups excluding carboxylic acids is 1. The molecule has 0 amide bonds. The number of pyridine rings is 1. The summed E-state index contributed by atoms with van der Waals surface area (Å²) in [6.07, 6.45) is 3.60. The zero-order valence-electron chi connectivity index (χ0n) is 7.81. The molecular weight excluding hydrogens is 214 g/mol. The molecule has 0 N–H and O–H groups in total. The summed E-state index contributed by atoms with van der Waals surface area (Å²) in [7, 11) is 0. The van der Waals surface area contributed by atoms with Crippen molar-refractivity contribution in [3.63, 3.8) is 0 Å². The van der Waals surface area contributed by atoms with Crippen LogP contribution in [0.25, 0.3) is 0 Å². The number of rotatable bonds is 3. The van der Waals surface area contributed by atoms with E-state index in [1.807, 2.05) is 0 Å². The molecule has 2 rings (SSSR count). The summed E-state index contributed by atoms with van der Waals surface area (Å²) in [6, 6.07) is 6.72. The zero-order chi connectivity index (χ0) is 10.7. The van der Waals surface area contributed by atoms with Crippen molar-refractivity contribution in [3.8, 4) is 0 Å². The van der Waals surface area contributed by atoms with Gasteiger partial charge in [0.15, 0.2) is 11.0 Å². The molecule has 0 aliphatic carbocycles. The van der Waals surface area contributed by atoms with Gasteiger partial charge < -0.3 is 4.42 Å². The van der Waals surface area contributed by atoms with E-state index in [1.165, 1.54) is 0 Å². The van der Waals surface area contributed by atoms with Crippen LogP contribution in [0.2, 0.25) is 5.22 Å². The average Bonchev–Trinajstić information content (AvgIpc) is 2.66. The third kappa shape index (κ3) is 2.44. The Hall–Kier alpha value is -1.61. The summed E-state index contributed by atoms with van der Waals surface area (Å²) in [4.78, 5) is 15.5. The minimum Gasteiger partial charge on any atom is -0.442 e. The lowest BCUT2D eigenvalue weighted by molar-refractivity contribution is 0.0966. The molecule has 0 unspecified atom stereocenters. The highest BCUT2D eigenvalue weighted by molar-refractivity contribution is 6.29. The Kier molecular flexibility index (Phi) is 2.83. The molecule has 0 aliphatic rings. The topological polar surface area (TPSA) is 43.1 Å². The van der Waals surface area contributed by atoms with Gasteiger partial charge in [0.05, 0.1) is 0 Å². The summed E-state index contributed by atoms with van der Waals surface area (Å²) < 4.78 is 5.02. The van der Waals surface area contributed by atoms with E-state index in [9.17, 15) is 4.79 Å². The maximum Gasteiger partial charge on any atom is 0.202 e. The van der Waals surface area contributed by atoms with Gasteiger partial charge in [-0.2, -0.15) is 0 Å². The van der Waals surface area contributed by atoms with Gasteiger partial charge in [-0.3, -0.25) is 9.78 Å². The molecule has 76 valence electrons. The molecule has 0 fully saturated rings. The summed E-state index contributed by atoms with van der Waals surface area (Å²) in [5, 5.41) is 0.230. The molecule has 2 aromatic heterocycles. The second-order valence-electron chi connectivity index (χ2n) is 3.06. The highest BCUT2D eigenvalue weighted by atomic mass is 35.5. The van der Waals surface area contributed by atoms with E-state index in [1.54, 1.807) is 36.7 Å². The van der Waals surface area contributed by atoms with Gasteiger partial charge in [0.1, 0.15) is 0 Å². The molecule has 0 saturated carbocycles. The van der Waals surface area contributed by atoms with E-state index in [-0.39, 0.29) is 16.8 Å². The summed E-state index contributed by atoms with van der Waals surface area (Å²) >= 11 is 5.58. The van der Waals surface area contributed by atoms with Crippen molar-refractivity contribution in [1.29, 1.82) is 0 Å². The van der Waals surface area contributed by atoms with Crippen molar-refractivity contribution in [2.24, 2.45) is 0 Å². The van der Waals surface area contributed by atoms with E-state index in [0.29, 0.717) is 6.42 Å². The first-order chi connectivity index (χ1) is 7.25. The van der Waals surface area contributed by atoms with Gasteiger partial charge in [0.25, 0.3) is 0 Å². The number of Topliss-reactive ketones (excluding diaryl/α,β-unsaturated/α-hetero) is 1. The highest BCUT2D eigenvalue weighted by Gasteiger charge is 2.10. The van der Waals surface area contributed by atoms with Crippen LogP contribution in [0.3, 0.4) is 0 Å². The predicted octanol–water partition coefficient (Wildman–Crippen LogP) is 2.75. The molecule has 15 heavy (non-hydrogen) atoms. The van der Waals surface area contributed by atoms with Gasteiger partial charge in [-0.05, 0) is 41.4 Å². The van der Waals surface area contributed by atoms with E-state index in [4.69, 9.17) is 16.0 Å². The van der Waals surface area contributed by atoms with Crippen molar-refractivity contribution in [2.75, 3.05) is 0 Å². The lowest BCUT2D eigenvalue weighted by atomic mass is 10.1. The molecular formula is C11H8ClNO2. The number of nitrogens with zero attached hydrogens (tertiary/aromatic N) is 1. The first-order valence-electron chi connectivity index (χ1n) is 4.43. The smallest absolute Gasteiger partial charge is 0.202 e. The first-order valence-corrected chi connectivity index (χ1v) is 4.81. The molecule has 0 spiro atoms. The van der Waals surface area contributed by atoms with Crippen LogP contribution in [-0.2, 0) is 6.42 Å². The fourth-order valence-electron chi connectivity index (χ4n) is 1.24. The van der Waals surface area contributed by atoms with Crippen LogP contribution in [0.5, 0.6) is 0 Å². The standard InChI is InChI=1S/C11H8ClNO2/c12-11-2-1-10(15-11)9(14)7-8-3-5-13-6-4-8/h1-6H,7H2. The van der Waals surface area contributed by atoms with Gasteiger partial charge in [0.2, 0.25) is 5.78 Å². The third-order valence-corrected chi connectivity index (χ3v) is 2.17. The monoisotopic (exact) mass is 221 g/mol. The quantitative estimate of drug-likeness (QED) is 0.749. The average molecular weight is 222 g/mol.